The standard InChI is InChI=1S/C18H14N2O3/c21-16(11-13-5-1-2-8-14(13)18(22)23)20-15-9-3-6-12-7-4-10-19-17(12)15/h1-10H,11H2,(H,20,21)(H,22,23). The van der Waals surface area contributed by atoms with E-state index in [0.717, 1.165) is 5.39 Å². The van der Waals surface area contributed by atoms with Crippen molar-refractivity contribution in [2.75, 3.05) is 5.32 Å². The van der Waals surface area contributed by atoms with Crippen molar-refractivity contribution in [1.29, 1.82) is 0 Å². The van der Waals surface area contributed by atoms with Gasteiger partial charge in [-0.2, -0.15) is 0 Å². The van der Waals surface area contributed by atoms with Crippen molar-refractivity contribution in [3.63, 3.8) is 0 Å². The largest absolute Gasteiger partial charge is 0.478 e. The molecular formula is C18H14N2O3. The van der Waals surface area contributed by atoms with E-state index in [1.807, 2.05) is 24.3 Å². The smallest absolute Gasteiger partial charge is 0.335 e. The summed E-state index contributed by atoms with van der Waals surface area (Å²) in [6.45, 7) is 0. The van der Waals surface area contributed by atoms with Crippen LogP contribution in [0.5, 0.6) is 0 Å². The molecule has 0 saturated heterocycles. The zero-order chi connectivity index (χ0) is 16.2. The Balaban J connectivity index is 1.84. The molecule has 0 radical (unpaired) electrons. The van der Waals surface area contributed by atoms with Crippen LogP contribution in [0, 0.1) is 0 Å². The van der Waals surface area contributed by atoms with Crippen LogP contribution in [0.3, 0.4) is 0 Å². The number of rotatable bonds is 4. The summed E-state index contributed by atoms with van der Waals surface area (Å²) in [6.07, 6.45) is 1.66. The molecule has 0 unspecified atom stereocenters. The van der Waals surface area contributed by atoms with Crippen LogP contribution in [-0.2, 0) is 11.2 Å². The van der Waals surface area contributed by atoms with E-state index in [4.69, 9.17) is 5.11 Å². The molecule has 1 aromatic heterocycles. The molecule has 23 heavy (non-hydrogen) atoms. The molecule has 0 saturated carbocycles. The Morgan fingerprint density at radius 3 is 2.61 bits per heavy atom. The highest BCUT2D eigenvalue weighted by Crippen LogP contribution is 2.21. The number of benzene rings is 2. The summed E-state index contributed by atoms with van der Waals surface area (Å²) in [5.41, 5.74) is 1.93. The van der Waals surface area contributed by atoms with E-state index >= 15 is 0 Å². The van der Waals surface area contributed by atoms with Gasteiger partial charge >= 0.3 is 5.97 Å². The van der Waals surface area contributed by atoms with E-state index in [2.05, 4.69) is 10.3 Å². The third-order valence-electron chi connectivity index (χ3n) is 3.51. The van der Waals surface area contributed by atoms with Gasteiger partial charge in [0.05, 0.1) is 23.2 Å². The second-order valence-electron chi connectivity index (χ2n) is 5.07. The maximum absolute atomic E-state index is 12.3. The zero-order valence-corrected chi connectivity index (χ0v) is 12.2. The van der Waals surface area contributed by atoms with Gasteiger partial charge in [-0.1, -0.05) is 36.4 Å². The minimum atomic E-state index is -1.04. The monoisotopic (exact) mass is 306 g/mol. The maximum Gasteiger partial charge on any atom is 0.335 e. The molecule has 0 atom stereocenters. The second-order valence-corrected chi connectivity index (χ2v) is 5.07. The Morgan fingerprint density at radius 1 is 1.00 bits per heavy atom. The van der Waals surface area contributed by atoms with Gasteiger partial charge in [-0.05, 0) is 23.8 Å². The number of aromatic nitrogens is 1. The number of amides is 1. The number of carboxylic acids is 1. The average molecular weight is 306 g/mol. The summed E-state index contributed by atoms with van der Waals surface area (Å²) < 4.78 is 0. The lowest BCUT2D eigenvalue weighted by Gasteiger charge is -2.09. The van der Waals surface area contributed by atoms with Crippen LogP contribution in [0.2, 0.25) is 0 Å². The lowest BCUT2D eigenvalue weighted by molar-refractivity contribution is -0.115. The van der Waals surface area contributed by atoms with Crippen molar-refractivity contribution in [3.05, 3.63) is 71.9 Å². The lowest BCUT2D eigenvalue weighted by atomic mass is 10.0. The van der Waals surface area contributed by atoms with Gasteiger partial charge in [0, 0.05) is 11.6 Å². The van der Waals surface area contributed by atoms with Crippen LogP contribution in [0.25, 0.3) is 10.9 Å². The molecule has 2 N–H and O–H groups in total. The molecule has 1 heterocycles. The summed E-state index contributed by atoms with van der Waals surface area (Å²) in [5.74, 6) is -1.32. The van der Waals surface area contributed by atoms with Crippen LogP contribution in [-0.4, -0.2) is 22.0 Å². The quantitative estimate of drug-likeness (QED) is 0.776. The van der Waals surface area contributed by atoms with Gasteiger partial charge in [0.1, 0.15) is 0 Å². The van der Waals surface area contributed by atoms with Crippen LogP contribution in [0.4, 0.5) is 5.69 Å². The van der Waals surface area contributed by atoms with Gasteiger partial charge in [-0.15, -0.1) is 0 Å². The summed E-state index contributed by atoms with van der Waals surface area (Å²) in [4.78, 5) is 27.7. The number of nitrogens with zero attached hydrogens (tertiary/aromatic N) is 1. The minimum Gasteiger partial charge on any atom is -0.478 e. The minimum absolute atomic E-state index is 0.00824. The molecule has 1 amide bonds. The SMILES string of the molecule is O=C(Cc1ccccc1C(=O)O)Nc1cccc2cccnc12. The predicted molar refractivity (Wildman–Crippen MR) is 87.5 cm³/mol. The molecule has 3 rings (SSSR count). The Kier molecular flexibility index (Phi) is 4.01. The van der Waals surface area contributed by atoms with E-state index in [-0.39, 0.29) is 17.9 Å². The number of hydrogen-bond donors (Lipinski definition) is 2. The van der Waals surface area contributed by atoms with Crippen molar-refractivity contribution in [1.82, 2.24) is 4.98 Å². The fourth-order valence-corrected chi connectivity index (χ4v) is 2.46. The Hall–Kier alpha value is -3.21. The van der Waals surface area contributed by atoms with Crippen molar-refractivity contribution in [2.24, 2.45) is 0 Å². The Morgan fingerprint density at radius 2 is 1.78 bits per heavy atom. The number of nitrogens with one attached hydrogen (secondary N) is 1. The van der Waals surface area contributed by atoms with Gasteiger partial charge in [0.25, 0.3) is 0 Å². The molecule has 5 nitrogen and oxygen atoms in total. The van der Waals surface area contributed by atoms with Crippen LogP contribution in [0.1, 0.15) is 15.9 Å². The molecule has 0 aliphatic heterocycles. The zero-order valence-electron chi connectivity index (χ0n) is 12.2. The van der Waals surface area contributed by atoms with E-state index in [0.29, 0.717) is 16.8 Å². The molecule has 0 aliphatic rings. The summed E-state index contributed by atoms with van der Waals surface area (Å²) >= 11 is 0. The van der Waals surface area contributed by atoms with Crippen molar-refractivity contribution < 1.29 is 14.7 Å². The molecule has 2 aromatic carbocycles. The number of hydrogen-bond acceptors (Lipinski definition) is 3. The van der Waals surface area contributed by atoms with Crippen LogP contribution < -0.4 is 5.32 Å². The number of anilines is 1. The number of carbonyl (C=O) groups is 2. The molecule has 0 fully saturated rings. The molecule has 3 aromatic rings. The molecule has 114 valence electrons. The number of pyridine rings is 1. The van der Waals surface area contributed by atoms with Gasteiger partial charge < -0.3 is 10.4 Å². The normalized spacial score (nSPS) is 10.4. The van der Waals surface area contributed by atoms with Gasteiger partial charge in [0.15, 0.2) is 0 Å². The molecule has 5 heteroatoms. The van der Waals surface area contributed by atoms with Gasteiger partial charge in [-0.3, -0.25) is 9.78 Å². The summed E-state index contributed by atoms with van der Waals surface area (Å²) in [7, 11) is 0. The topological polar surface area (TPSA) is 79.3 Å². The third kappa shape index (κ3) is 3.18. The van der Waals surface area contributed by atoms with E-state index in [1.165, 1.54) is 6.07 Å². The lowest BCUT2D eigenvalue weighted by Crippen LogP contribution is -2.16. The fraction of sp³-hybridized carbons (Fsp3) is 0.0556. The van der Waals surface area contributed by atoms with Crippen LogP contribution >= 0.6 is 0 Å². The van der Waals surface area contributed by atoms with E-state index in [1.54, 1.807) is 30.5 Å². The first kappa shape index (κ1) is 14.7. The number of fused-ring (bicyclic) bond motifs is 1. The number of aromatic carboxylic acids is 1. The van der Waals surface area contributed by atoms with Crippen molar-refractivity contribution in [3.8, 4) is 0 Å². The first-order chi connectivity index (χ1) is 11.1. The van der Waals surface area contributed by atoms with Gasteiger partial charge in [0.2, 0.25) is 5.91 Å². The van der Waals surface area contributed by atoms with E-state index < -0.39 is 5.97 Å². The summed E-state index contributed by atoms with van der Waals surface area (Å²) in [6, 6.07) is 15.8. The Bertz CT molecular complexity index is 885. The number of carboxylic acid groups (broad SMARTS) is 1. The summed E-state index contributed by atoms with van der Waals surface area (Å²) in [5, 5.41) is 12.9. The highest BCUT2D eigenvalue weighted by molar-refractivity contribution is 6.01. The first-order valence-electron chi connectivity index (χ1n) is 7.10. The fourth-order valence-electron chi connectivity index (χ4n) is 2.46. The highest BCUT2D eigenvalue weighted by Gasteiger charge is 2.13. The molecule has 0 aliphatic carbocycles. The average Bonchev–Trinajstić information content (AvgIpc) is 2.55. The maximum atomic E-state index is 12.3. The molecule has 0 spiro atoms. The van der Waals surface area contributed by atoms with Crippen molar-refractivity contribution >= 4 is 28.5 Å². The van der Waals surface area contributed by atoms with Gasteiger partial charge in [-0.25, -0.2) is 4.79 Å². The van der Waals surface area contributed by atoms with Crippen molar-refractivity contribution in [2.45, 2.75) is 6.42 Å². The first-order valence-corrected chi connectivity index (χ1v) is 7.10. The molecule has 0 bridgehead atoms. The number of para-hydroxylation sites is 1. The van der Waals surface area contributed by atoms with E-state index in [9.17, 15) is 9.59 Å². The number of carbonyl (C=O) groups excluding carboxylic acids is 1. The predicted octanol–water partition coefficient (Wildman–Crippen LogP) is 3.11. The third-order valence-corrected chi connectivity index (χ3v) is 3.51. The second kappa shape index (κ2) is 6.27. The molecular weight excluding hydrogens is 292 g/mol. The highest BCUT2D eigenvalue weighted by atomic mass is 16.4. The Labute approximate surface area is 132 Å². The van der Waals surface area contributed by atoms with Crippen LogP contribution in [0.15, 0.2) is 60.8 Å².